The van der Waals surface area contributed by atoms with Crippen LogP contribution < -0.4 is 5.56 Å². The van der Waals surface area contributed by atoms with Crippen molar-refractivity contribution in [3.8, 4) is 11.1 Å². The lowest BCUT2D eigenvalue weighted by atomic mass is 10.1. The van der Waals surface area contributed by atoms with E-state index >= 15 is 0 Å². The predicted octanol–water partition coefficient (Wildman–Crippen LogP) is 5.62. The van der Waals surface area contributed by atoms with Gasteiger partial charge in [0, 0.05) is 11.3 Å². The molecule has 1 N–H and O–H groups in total. The molecule has 0 saturated carbocycles. The van der Waals surface area contributed by atoms with E-state index in [9.17, 15) is 4.79 Å². The van der Waals surface area contributed by atoms with Crippen LogP contribution in [0, 0.1) is 6.92 Å². The molecule has 2 aromatic rings. The molecule has 1 aromatic heterocycles. The van der Waals surface area contributed by atoms with Crippen LogP contribution in [0.2, 0.25) is 25.1 Å². The van der Waals surface area contributed by atoms with Crippen LogP contribution in [-0.4, -0.2) is 4.98 Å². The van der Waals surface area contributed by atoms with Crippen molar-refractivity contribution in [3.63, 3.8) is 0 Å². The summed E-state index contributed by atoms with van der Waals surface area (Å²) in [4.78, 5) is 14.6. The number of hydrogen-bond donors (Lipinski definition) is 1. The van der Waals surface area contributed by atoms with Crippen LogP contribution >= 0.6 is 58.0 Å². The molecule has 7 heteroatoms. The molecule has 0 fully saturated rings. The molecule has 0 spiro atoms. The minimum atomic E-state index is -0.335. The number of benzene rings is 1. The lowest BCUT2D eigenvalue weighted by Crippen LogP contribution is -2.10. The van der Waals surface area contributed by atoms with Gasteiger partial charge in [-0.25, -0.2) is 0 Å². The first-order valence-electron chi connectivity index (χ1n) is 5.06. The Labute approximate surface area is 134 Å². The van der Waals surface area contributed by atoms with Gasteiger partial charge in [0.2, 0.25) is 0 Å². The van der Waals surface area contributed by atoms with Crippen molar-refractivity contribution in [2.75, 3.05) is 0 Å². The van der Waals surface area contributed by atoms with Crippen LogP contribution in [0.4, 0.5) is 0 Å². The van der Waals surface area contributed by atoms with Gasteiger partial charge in [0.05, 0.1) is 30.7 Å². The zero-order valence-electron chi connectivity index (χ0n) is 9.45. The fourth-order valence-corrected chi connectivity index (χ4v) is 2.95. The third-order valence-electron chi connectivity index (χ3n) is 2.53. The first kappa shape index (κ1) is 15.0. The first-order chi connectivity index (χ1) is 8.84. The molecule has 0 aliphatic rings. The Morgan fingerprint density at radius 1 is 0.842 bits per heavy atom. The minimum Gasteiger partial charge on any atom is -0.326 e. The molecule has 0 aliphatic carbocycles. The summed E-state index contributed by atoms with van der Waals surface area (Å²) in [6, 6.07) is 3.32. The zero-order chi connectivity index (χ0) is 14.3. The predicted molar refractivity (Wildman–Crippen MR) is 82.3 cm³/mol. The van der Waals surface area contributed by atoms with Crippen molar-refractivity contribution in [1.82, 2.24) is 4.98 Å². The van der Waals surface area contributed by atoms with Gasteiger partial charge in [-0.2, -0.15) is 0 Å². The highest BCUT2D eigenvalue weighted by atomic mass is 35.5. The van der Waals surface area contributed by atoms with Crippen LogP contribution in [0.25, 0.3) is 11.1 Å². The third kappa shape index (κ3) is 2.61. The van der Waals surface area contributed by atoms with Gasteiger partial charge in [-0.15, -0.1) is 0 Å². The van der Waals surface area contributed by atoms with Crippen LogP contribution in [-0.2, 0) is 0 Å². The Bertz CT molecular complexity index is 694. The summed E-state index contributed by atoms with van der Waals surface area (Å²) < 4.78 is 0. The van der Waals surface area contributed by atoms with Gasteiger partial charge in [0.25, 0.3) is 5.56 Å². The summed E-state index contributed by atoms with van der Waals surface area (Å²) in [5.41, 5.74) is 0.926. The number of rotatable bonds is 1. The molecule has 1 heterocycles. The maximum atomic E-state index is 12.0. The summed E-state index contributed by atoms with van der Waals surface area (Å²) >= 11 is 30.1. The van der Waals surface area contributed by atoms with E-state index in [0.29, 0.717) is 5.69 Å². The van der Waals surface area contributed by atoms with Crippen molar-refractivity contribution in [2.45, 2.75) is 6.92 Å². The molecule has 0 atom stereocenters. The van der Waals surface area contributed by atoms with E-state index in [2.05, 4.69) is 4.98 Å². The molecule has 0 saturated heterocycles. The Hall–Kier alpha value is -0.380. The molecule has 19 heavy (non-hydrogen) atoms. The third-order valence-corrected chi connectivity index (χ3v) is 4.81. The molecule has 2 rings (SSSR count). The number of pyridine rings is 1. The van der Waals surface area contributed by atoms with Crippen molar-refractivity contribution < 1.29 is 0 Å². The maximum Gasteiger partial charge on any atom is 0.256 e. The van der Waals surface area contributed by atoms with Gasteiger partial charge in [0.15, 0.2) is 0 Å². The standard InChI is InChI=1S/C12H6Cl5NO/c1-4-2-3-5(12(19)18-4)6-7(13)9(15)11(17)10(16)8(6)14/h2-3H,1H3,(H,18,19). The van der Waals surface area contributed by atoms with Gasteiger partial charge >= 0.3 is 0 Å². The van der Waals surface area contributed by atoms with Crippen molar-refractivity contribution in [3.05, 3.63) is 53.3 Å². The van der Waals surface area contributed by atoms with E-state index in [0.717, 1.165) is 0 Å². The Morgan fingerprint density at radius 2 is 1.32 bits per heavy atom. The fraction of sp³-hybridized carbons (Fsp3) is 0.0833. The lowest BCUT2D eigenvalue weighted by molar-refractivity contribution is 1.15. The van der Waals surface area contributed by atoms with Crippen molar-refractivity contribution in [1.29, 1.82) is 0 Å². The van der Waals surface area contributed by atoms with Gasteiger partial charge in [-0.1, -0.05) is 58.0 Å². The second kappa shape index (κ2) is 5.55. The van der Waals surface area contributed by atoms with Crippen LogP contribution in [0.5, 0.6) is 0 Å². The average molecular weight is 357 g/mol. The number of aromatic amines is 1. The summed E-state index contributed by atoms with van der Waals surface area (Å²) in [7, 11) is 0. The monoisotopic (exact) mass is 355 g/mol. The van der Waals surface area contributed by atoms with Gasteiger partial charge in [0.1, 0.15) is 0 Å². The quantitative estimate of drug-likeness (QED) is 0.522. The first-order valence-corrected chi connectivity index (χ1v) is 6.95. The summed E-state index contributed by atoms with van der Waals surface area (Å²) in [6.07, 6.45) is 0. The topological polar surface area (TPSA) is 32.9 Å². The van der Waals surface area contributed by atoms with Crippen molar-refractivity contribution in [2.24, 2.45) is 0 Å². The summed E-state index contributed by atoms with van der Waals surface area (Å²) in [6.45, 7) is 1.76. The number of nitrogens with one attached hydrogen (secondary N) is 1. The van der Waals surface area contributed by atoms with Gasteiger partial charge < -0.3 is 4.98 Å². The molecular formula is C12H6Cl5NO. The Balaban J connectivity index is 2.87. The smallest absolute Gasteiger partial charge is 0.256 e. The Kier molecular flexibility index (Phi) is 4.38. The lowest BCUT2D eigenvalue weighted by Gasteiger charge is -2.12. The van der Waals surface area contributed by atoms with Crippen LogP contribution in [0.15, 0.2) is 16.9 Å². The molecule has 0 radical (unpaired) electrons. The number of H-pyrrole nitrogens is 1. The molecule has 0 amide bonds. The molecule has 100 valence electrons. The summed E-state index contributed by atoms with van der Waals surface area (Å²) in [5.74, 6) is 0. The van der Waals surface area contributed by atoms with E-state index in [1.165, 1.54) is 0 Å². The highest BCUT2D eigenvalue weighted by Crippen LogP contribution is 2.47. The molecule has 0 bridgehead atoms. The highest BCUT2D eigenvalue weighted by molar-refractivity contribution is 6.56. The second-order valence-corrected chi connectivity index (χ2v) is 5.72. The molecule has 0 unspecified atom stereocenters. The number of aromatic nitrogens is 1. The average Bonchev–Trinajstić information content (AvgIpc) is 2.37. The van der Waals surface area contributed by atoms with Gasteiger partial charge in [-0.3, -0.25) is 4.79 Å². The zero-order valence-corrected chi connectivity index (χ0v) is 13.2. The minimum absolute atomic E-state index is 0.0608. The largest absolute Gasteiger partial charge is 0.326 e. The summed E-state index contributed by atoms with van der Waals surface area (Å²) in [5, 5.41) is 0.372. The van der Waals surface area contributed by atoms with Crippen molar-refractivity contribution >= 4 is 58.0 Å². The van der Waals surface area contributed by atoms with Gasteiger partial charge in [-0.05, 0) is 19.1 Å². The maximum absolute atomic E-state index is 12.0. The number of hydrogen-bond acceptors (Lipinski definition) is 1. The number of aryl methyl sites for hydroxylation is 1. The molecular weight excluding hydrogens is 351 g/mol. The Morgan fingerprint density at radius 3 is 1.79 bits per heavy atom. The highest BCUT2D eigenvalue weighted by Gasteiger charge is 2.21. The fourth-order valence-electron chi connectivity index (χ4n) is 1.61. The molecule has 1 aromatic carbocycles. The normalized spacial score (nSPS) is 10.8. The second-order valence-electron chi connectivity index (χ2n) is 3.83. The van der Waals surface area contributed by atoms with Crippen LogP contribution in [0.3, 0.4) is 0 Å². The van der Waals surface area contributed by atoms with E-state index < -0.39 is 0 Å². The van der Waals surface area contributed by atoms with Crippen LogP contribution in [0.1, 0.15) is 5.69 Å². The van der Waals surface area contributed by atoms with E-state index in [1.807, 2.05) is 0 Å². The van der Waals surface area contributed by atoms with E-state index in [-0.39, 0.29) is 41.8 Å². The number of halogens is 5. The van der Waals surface area contributed by atoms with E-state index in [4.69, 9.17) is 58.0 Å². The molecule has 0 aliphatic heterocycles. The SMILES string of the molecule is Cc1ccc(-c2c(Cl)c(Cl)c(Cl)c(Cl)c2Cl)c(=O)[nH]1. The molecule has 2 nitrogen and oxygen atoms in total. The van der Waals surface area contributed by atoms with E-state index in [1.54, 1.807) is 19.1 Å².